The summed E-state index contributed by atoms with van der Waals surface area (Å²) in [6.07, 6.45) is 2.06. The molecule has 0 amide bonds. The molecular weight excluding hydrogens is 464 g/mol. The fourth-order valence-corrected chi connectivity index (χ4v) is 5.05. The Morgan fingerprint density at radius 3 is 2.81 bits per heavy atom. The SMILES string of the molecule is CNc1cc(-c2nc(-c3cccc4c3CC[C@@H]4NCc3nc4ccccc4[nH]3)no2)ccc1OC(C)C. The van der Waals surface area contributed by atoms with Gasteiger partial charge in [0, 0.05) is 24.2 Å². The number of ether oxygens (including phenoxy) is 1. The van der Waals surface area contributed by atoms with Gasteiger partial charge in [0.05, 0.1) is 29.4 Å². The Hall–Kier alpha value is -4.17. The van der Waals surface area contributed by atoms with E-state index in [1.165, 1.54) is 11.1 Å². The second-order valence-electron chi connectivity index (χ2n) is 9.60. The molecule has 1 aliphatic carbocycles. The van der Waals surface area contributed by atoms with Crippen molar-refractivity contribution >= 4 is 16.7 Å². The first-order chi connectivity index (χ1) is 18.1. The Labute approximate surface area is 215 Å². The number of anilines is 1. The molecule has 0 saturated carbocycles. The Bertz CT molecular complexity index is 1520. The maximum atomic E-state index is 5.88. The lowest BCUT2D eigenvalue weighted by Crippen LogP contribution is -2.19. The Balaban J connectivity index is 1.22. The largest absolute Gasteiger partial charge is 0.489 e. The van der Waals surface area contributed by atoms with Gasteiger partial charge in [-0.05, 0) is 68.1 Å². The van der Waals surface area contributed by atoms with Gasteiger partial charge in [-0.2, -0.15) is 4.98 Å². The summed E-state index contributed by atoms with van der Waals surface area (Å²) in [5, 5.41) is 11.2. The van der Waals surface area contributed by atoms with Crippen molar-refractivity contribution in [1.82, 2.24) is 25.4 Å². The lowest BCUT2D eigenvalue weighted by Gasteiger charge is -2.14. The quantitative estimate of drug-likeness (QED) is 0.247. The fraction of sp³-hybridized carbons (Fsp3) is 0.276. The predicted molar refractivity (Wildman–Crippen MR) is 144 cm³/mol. The van der Waals surface area contributed by atoms with Crippen LogP contribution >= 0.6 is 0 Å². The molecule has 5 aromatic rings. The van der Waals surface area contributed by atoms with Gasteiger partial charge in [-0.3, -0.25) is 0 Å². The molecule has 2 heterocycles. The third-order valence-electron chi connectivity index (χ3n) is 6.75. The average molecular weight is 495 g/mol. The van der Waals surface area contributed by atoms with Crippen LogP contribution in [0.1, 0.15) is 43.3 Å². The molecule has 37 heavy (non-hydrogen) atoms. The van der Waals surface area contributed by atoms with E-state index in [0.717, 1.165) is 52.3 Å². The van der Waals surface area contributed by atoms with E-state index in [2.05, 4.69) is 45.0 Å². The highest BCUT2D eigenvalue weighted by Gasteiger charge is 2.26. The molecule has 0 fully saturated rings. The second kappa shape index (κ2) is 9.71. The molecule has 0 unspecified atom stereocenters. The molecule has 0 aliphatic heterocycles. The highest BCUT2D eigenvalue weighted by molar-refractivity contribution is 5.74. The van der Waals surface area contributed by atoms with Gasteiger partial charge in [-0.1, -0.05) is 35.5 Å². The van der Waals surface area contributed by atoms with Gasteiger partial charge in [0.25, 0.3) is 5.89 Å². The smallest absolute Gasteiger partial charge is 0.258 e. The molecule has 0 radical (unpaired) electrons. The van der Waals surface area contributed by atoms with Gasteiger partial charge in [-0.15, -0.1) is 0 Å². The van der Waals surface area contributed by atoms with Crippen molar-refractivity contribution in [2.45, 2.75) is 45.4 Å². The van der Waals surface area contributed by atoms with Crippen LogP contribution in [0.4, 0.5) is 5.69 Å². The van der Waals surface area contributed by atoms with Crippen molar-refractivity contribution in [3.63, 3.8) is 0 Å². The summed E-state index contributed by atoms with van der Waals surface area (Å²) in [5.41, 5.74) is 7.35. The number of aromatic nitrogens is 4. The lowest BCUT2D eigenvalue weighted by atomic mass is 10.0. The van der Waals surface area contributed by atoms with Gasteiger partial charge in [0.2, 0.25) is 5.82 Å². The van der Waals surface area contributed by atoms with Crippen molar-refractivity contribution in [2.75, 3.05) is 12.4 Å². The molecule has 0 spiro atoms. The molecule has 1 atom stereocenters. The number of fused-ring (bicyclic) bond motifs is 2. The molecule has 8 heteroatoms. The second-order valence-corrected chi connectivity index (χ2v) is 9.60. The number of rotatable bonds is 8. The highest BCUT2D eigenvalue weighted by atomic mass is 16.5. The standard InChI is InChI=1S/C29H30N6O2/c1-17(2)36-26-14-11-18(15-25(26)30-3)29-34-28(35-37-29)21-8-6-7-20-19(21)12-13-22(20)31-16-27-32-23-9-4-5-10-24(23)33-27/h4-11,14-15,17,22,30-31H,12-13,16H2,1-3H3,(H,32,33)/t22-/m0/s1. The first-order valence-corrected chi connectivity index (χ1v) is 12.7. The lowest BCUT2D eigenvalue weighted by molar-refractivity contribution is 0.243. The zero-order chi connectivity index (χ0) is 25.4. The Kier molecular flexibility index (Phi) is 6.10. The third-order valence-corrected chi connectivity index (χ3v) is 6.75. The van der Waals surface area contributed by atoms with Crippen LogP contribution in [-0.2, 0) is 13.0 Å². The summed E-state index contributed by atoms with van der Waals surface area (Å²) < 4.78 is 11.6. The molecular formula is C29H30N6O2. The van der Waals surface area contributed by atoms with E-state index in [0.29, 0.717) is 18.3 Å². The van der Waals surface area contributed by atoms with Crippen LogP contribution in [0.25, 0.3) is 33.9 Å². The van der Waals surface area contributed by atoms with E-state index >= 15 is 0 Å². The van der Waals surface area contributed by atoms with Gasteiger partial charge < -0.3 is 24.9 Å². The zero-order valence-electron chi connectivity index (χ0n) is 21.2. The van der Waals surface area contributed by atoms with Crippen LogP contribution in [0.5, 0.6) is 5.75 Å². The first kappa shape index (κ1) is 23.2. The van der Waals surface area contributed by atoms with E-state index < -0.39 is 0 Å². The van der Waals surface area contributed by atoms with E-state index in [9.17, 15) is 0 Å². The van der Waals surface area contributed by atoms with Crippen LogP contribution in [0.15, 0.2) is 65.2 Å². The molecule has 8 nitrogen and oxygen atoms in total. The van der Waals surface area contributed by atoms with Crippen LogP contribution < -0.4 is 15.4 Å². The Morgan fingerprint density at radius 1 is 1.08 bits per heavy atom. The molecule has 3 aromatic carbocycles. The average Bonchev–Trinajstić information content (AvgIpc) is 3.65. The van der Waals surface area contributed by atoms with Crippen LogP contribution in [-0.4, -0.2) is 33.3 Å². The topological polar surface area (TPSA) is 101 Å². The minimum Gasteiger partial charge on any atom is -0.489 e. The molecule has 1 aliphatic rings. The maximum Gasteiger partial charge on any atom is 0.258 e. The molecule has 188 valence electrons. The number of imidazole rings is 1. The summed E-state index contributed by atoms with van der Waals surface area (Å²) >= 11 is 0. The third kappa shape index (κ3) is 4.56. The van der Waals surface area contributed by atoms with Crippen LogP contribution in [0.2, 0.25) is 0 Å². The summed E-state index contributed by atoms with van der Waals surface area (Å²) in [7, 11) is 1.87. The van der Waals surface area contributed by atoms with Gasteiger partial charge in [-0.25, -0.2) is 4.98 Å². The summed E-state index contributed by atoms with van der Waals surface area (Å²) in [4.78, 5) is 12.9. The van der Waals surface area contributed by atoms with E-state index in [-0.39, 0.29) is 12.1 Å². The molecule has 2 aromatic heterocycles. The number of aromatic amines is 1. The first-order valence-electron chi connectivity index (χ1n) is 12.7. The Morgan fingerprint density at radius 2 is 1.97 bits per heavy atom. The molecule has 0 bridgehead atoms. The predicted octanol–water partition coefficient (Wildman–Crippen LogP) is 5.89. The van der Waals surface area contributed by atoms with E-state index in [1.54, 1.807) is 0 Å². The van der Waals surface area contributed by atoms with Crippen molar-refractivity contribution < 1.29 is 9.26 Å². The van der Waals surface area contributed by atoms with Gasteiger partial charge >= 0.3 is 0 Å². The molecule has 0 saturated heterocycles. The minimum atomic E-state index is 0.0881. The number of H-pyrrole nitrogens is 1. The van der Waals surface area contributed by atoms with Crippen LogP contribution in [0.3, 0.4) is 0 Å². The van der Waals surface area contributed by atoms with Crippen molar-refractivity contribution in [3.8, 4) is 28.6 Å². The highest BCUT2D eigenvalue weighted by Crippen LogP contribution is 2.38. The van der Waals surface area contributed by atoms with Crippen molar-refractivity contribution in [2.24, 2.45) is 0 Å². The van der Waals surface area contributed by atoms with E-state index in [1.807, 2.05) is 57.3 Å². The normalized spacial score (nSPS) is 14.9. The number of hydrogen-bond donors (Lipinski definition) is 3. The summed E-state index contributed by atoms with van der Waals surface area (Å²) in [5.74, 6) is 2.83. The van der Waals surface area contributed by atoms with Gasteiger partial charge in [0.1, 0.15) is 11.6 Å². The van der Waals surface area contributed by atoms with Crippen molar-refractivity contribution in [3.05, 3.63) is 77.6 Å². The molecule has 3 N–H and O–H groups in total. The van der Waals surface area contributed by atoms with Crippen molar-refractivity contribution in [1.29, 1.82) is 0 Å². The minimum absolute atomic E-state index is 0.0881. The summed E-state index contributed by atoms with van der Waals surface area (Å²) in [6.45, 7) is 4.70. The number of nitrogens with zero attached hydrogens (tertiary/aromatic N) is 3. The summed E-state index contributed by atoms with van der Waals surface area (Å²) in [6, 6.07) is 20.6. The fourth-order valence-electron chi connectivity index (χ4n) is 5.05. The number of nitrogens with one attached hydrogen (secondary N) is 3. The number of hydrogen-bond acceptors (Lipinski definition) is 7. The maximum absolute atomic E-state index is 5.88. The zero-order valence-corrected chi connectivity index (χ0v) is 21.2. The molecule has 6 rings (SSSR count). The number of benzene rings is 3. The number of para-hydroxylation sites is 2. The van der Waals surface area contributed by atoms with Gasteiger partial charge in [0.15, 0.2) is 0 Å². The monoisotopic (exact) mass is 494 g/mol. The van der Waals surface area contributed by atoms with Crippen LogP contribution in [0, 0.1) is 0 Å². The van der Waals surface area contributed by atoms with E-state index in [4.69, 9.17) is 19.2 Å².